The summed E-state index contributed by atoms with van der Waals surface area (Å²) in [6.07, 6.45) is 3.84. The number of ether oxygens (including phenoxy) is 2. The van der Waals surface area contributed by atoms with Crippen molar-refractivity contribution in [2.75, 3.05) is 13.2 Å². The van der Waals surface area contributed by atoms with Gasteiger partial charge in [-0.3, -0.25) is 9.97 Å². The fourth-order valence-electron chi connectivity index (χ4n) is 3.63. The van der Waals surface area contributed by atoms with Gasteiger partial charge in [-0.1, -0.05) is 19.1 Å². The summed E-state index contributed by atoms with van der Waals surface area (Å²) in [6, 6.07) is 15.4. The number of aromatic nitrogens is 3. The average molecular weight is 419 g/mol. The molecule has 1 unspecified atom stereocenters. The summed E-state index contributed by atoms with van der Waals surface area (Å²) in [5.74, 6) is -0.203. The number of carboxylic acid groups (broad SMARTS) is 1. The second-order valence-electron chi connectivity index (χ2n) is 7.29. The number of pyridine rings is 2. The molecule has 7 heteroatoms. The predicted octanol–water partition coefficient (Wildman–Crippen LogP) is 4.09. The molecule has 0 aliphatic heterocycles. The predicted molar refractivity (Wildman–Crippen MR) is 118 cm³/mol. The zero-order valence-electron chi connectivity index (χ0n) is 17.4. The topological polar surface area (TPSA) is 86.5 Å². The van der Waals surface area contributed by atoms with E-state index >= 15 is 0 Å². The van der Waals surface area contributed by atoms with Gasteiger partial charge in [-0.25, -0.2) is 4.79 Å². The first kappa shape index (κ1) is 20.8. The average Bonchev–Trinajstić information content (AvgIpc) is 3.11. The van der Waals surface area contributed by atoms with Crippen molar-refractivity contribution in [3.8, 4) is 5.75 Å². The molecule has 3 aromatic heterocycles. The summed E-state index contributed by atoms with van der Waals surface area (Å²) in [4.78, 5) is 20.3. The quantitative estimate of drug-likeness (QED) is 0.417. The highest BCUT2D eigenvalue weighted by molar-refractivity contribution is 6.02. The van der Waals surface area contributed by atoms with Gasteiger partial charge in [0, 0.05) is 25.4 Å². The van der Waals surface area contributed by atoms with E-state index in [9.17, 15) is 9.90 Å². The number of fused-ring (bicyclic) bond motifs is 3. The van der Waals surface area contributed by atoms with Crippen LogP contribution in [0.5, 0.6) is 5.75 Å². The summed E-state index contributed by atoms with van der Waals surface area (Å²) < 4.78 is 13.5. The van der Waals surface area contributed by atoms with E-state index in [-0.39, 0.29) is 0 Å². The van der Waals surface area contributed by atoms with Gasteiger partial charge in [0.15, 0.2) is 6.10 Å². The summed E-state index contributed by atoms with van der Waals surface area (Å²) in [6.45, 7) is 3.54. The van der Waals surface area contributed by atoms with E-state index in [1.165, 1.54) is 0 Å². The molecule has 1 atom stereocenters. The second-order valence-corrected chi connectivity index (χ2v) is 7.29. The molecule has 4 rings (SSSR count). The highest BCUT2D eigenvalue weighted by Crippen LogP contribution is 2.25. The molecule has 3 heterocycles. The lowest BCUT2D eigenvalue weighted by atomic mass is 10.1. The van der Waals surface area contributed by atoms with Crippen molar-refractivity contribution in [3.05, 3.63) is 66.5 Å². The highest BCUT2D eigenvalue weighted by atomic mass is 16.5. The molecule has 7 nitrogen and oxygen atoms in total. The van der Waals surface area contributed by atoms with Crippen LogP contribution in [0.2, 0.25) is 0 Å². The van der Waals surface area contributed by atoms with Gasteiger partial charge in [-0.2, -0.15) is 0 Å². The Kier molecular flexibility index (Phi) is 6.43. The van der Waals surface area contributed by atoms with E-state index < -0.39 is 12.1 Å². The molecule has 0 spiro atoms. The fraction of sp³-hybridized carbons (Fsp3) is 0.292. The van der Waals surface area contributed by atoms with Crippen LogP contribution in [-0.4, -0.2) is 44.9 Å². The summed E-state index contributed by atoms with van der Waals surface area (Å²) in [7, 11) is 0. The molecule has 1 N–H and O–H groups in total. The first-order chi connectivity index (χ1) is 15.2. The van der Waals surface area contributed by atoms with Crippen molar-refractivity contribution in [3.63, 3.8) is 0 Å². The van der Waals surface area contributed by atoms with Crippen molar-refractivity contribution in [1.82, 2.24) is 14.5 Å². The van der Waals surface area contributed by atoms with Crippen LogP contribution in [0.25, 0.3) is 22.1 Å². The maximum absolute atomic E-state index is 11.4. The van der Waals surface area contributed by atoms with Crippen LogP contribution in [0.4, 0.5) is 0 Å². The third kappa shape index (κ3) is 4.67. The van der Waals surface area contributed by atoms with Crippen LogP contribution in [0.3, 0.4) is 0 Å². The van der Waals surface area contributed by atoms with E-state index in [4.69, 9.17) is 9.47 Å². The third-order valence-electron chi connectivity index (χ3n) is 5.11. The first-order valence-electron chi connectivity index (χ1n) is 10.4. The molecule has 160 valence electrons. The standard InChI is InChI=1S/C24H25N3O4/c1-2-14-31-21(24(28)29)16-17-7-9-18(10-8-17)30-15-13-27-19-5-3-11-25-22(19)23-20(27)6-4-12-26-23/h3-12,21H,2,13-16H2,1H3,(H,28,29). The Morgan fingerprint density at radius 1 is 1.00 bits per heavy atom. The maximum Gasteiger partial charge on any atom is 0.333 e. The van der Waals surface area contributed by atoms with Gasteiger partial charge in [0.25, 0.3) is 0 Å². The van der Waals surface area contributed by atoms with Crippen molar-refractivity contribution >= 4 is 28.0 Å². The zero-order chi connectivity index (χ0) is 21.6. The van der Waals surface area contributed by atoms with E-state index in [0.29, 0.717) is 26.2 Å². The van der Waals surface area contributed by atoms with Gasteiger partial charge >= 0.3 is 5.97 Å². The Hall–Kier alpha value is -3.45. The number of nitrogens with zero attached hydrogens (tertiary/aromatic N) is 3. The van der Waals surface area contributed by atoms with E-state index in [0.717, 1.165) is 39.8 Å². The van der Waals surface area contributed by atoms with E-state index in [1.807, 2.05) is 55.5 Å². The number of carbonyl (C=O) groups is 1. The van der Waals surface area contributed by atoms with Gasteiger partial charge in [-0.15, -0.1) is 0 Å². The number of hydrogen-bond donors (Lipinski definition) is 1. The summed E-state index contributed by atoms with van der Waals surface area (Å²) in [5.41, 5.74) is 4.74. The molecule has 0 bridgehead atoms. The fourth-order valence-corrected chi connectivity index (χ4v) is 3.63. The van der Waals surface area contributed by atoms with E-state index in [1.54, 1.807) is 12.4 Å². The lowest BCUT2D eigenvalue weighted by Gasteiger charge is -2.14. The van der Waals surface area contributed by atoms with Crippen molar-refractivity contribution in [2.45, 2.75) is 32.4 Å². The maximum atomic E-state index is 11.4. The largest absolute Gasteiger partial charge is 0.492 e. The minimum absolute atomic E-state index is 0.330. The van der Waals surface area contributed by atoms with Gasteiger partial charge in [0.2, 0.25) is 0 Å². The molecule has 0 saturated carbocycles. The molecule has 1 aromatic carbocycles. The Labute approximate surface area is 180 Å². The first-order valence-corrected chi connectivity index (χ1v) is 10.4. The third-order valence-corrected chi connectivity index (χ3v) is 5.11. The van der Waals surface area contributed by atoms with Gasteiger partial charge < -0.3 is 19.1 Å². The van der Waals surface area contributed by atoms with Gasteiger partial charge in [-0.05, 0) is 48.4 Å². The SMILES string of the molecule is CCCOC(Cc1ccc(OCCn2c3cccnc3c3ncccc32)cc1)C(=O)O. The number of benzene rings is 1. The normalized spacial score (nSPS) is 12.3. The van der Waals surface area contributed by atoms with Crippen LogP contribution < -0.4 is 4.74 Å². The Bertz CT molecular complexity index is 1120. The lowest BCUT2D eigenvalue weighted by Crippen LogP contribution is -2.26. The molecule has 0 aliphatic carbocycles. The molecule has 4 aromatic rings. The molecule has 0 fully saturated rings. The van der Waals surface area contributed by atoms with Gasteiger partial charge in [0.05, 0.1) is 17.6 Å². The van der Waals surface area contributed by atoms with Crippen LogP contribution in [-0.2, 0) is 22.5 Å². The highest BCUT2D eigenvalue weighted by Gasteiger charge is 2.18. The Morgan fingerprint density at radius 3 is 2.23 bits per heavy atom. The zero-order valence-corrected chi connectivity index (χ0v) is 17.4. The number of rotatable bonds is 10. The van der Waals surface area contributed by atoms with Crippen molar-refractivity contribution in [2.24, 2.45) is 0 Å². The Morgan fingerprint density at radius 2 is 1.65 bits per heavy atom. The molecule has 0 aliphatic rings. The number of carboxylic acids is 1. The van der Waals surface area contributed by atoms with E-state index in [2.05, 4.69) is 14.5 Å². The van der Waals surface area contributed by atoms with Crippen LogP contribution in [0.15, 0.2) is 60.9 Å². The molecular weight excluding hydrogens is 394 g/mol. The summed E-state index contributed by atoms with van der Waals surface area (Å²) in [5, 5.41) is 9.31. The van der Waals surface area contributed by atoms with Crippen LogP contribution >= 0.6 is 0 Å². The van der Waals surface area contributed by atoms with Crippen molar-refractivity contribution < 1.29 is 19.4 Å². The minimum Gasteiger partial charge on any atom is -0.492 e. The van der Waals surface area contributed by atoms with Crippen LogP contribution in [0.1, 0.15) is 18.9 Å². The number of aliphatic carboxylic acids is 1. The summed E-state index contributed by atoms with van der Waals surface area (Å²) >= 11 is 0. The molecular formula is C24H25N3O4. The minimum atomic E-state index is -0.941. The molecule has 0 amide bonds. The van der Waals surface area contributed by atoms with Gasteiger partial charge in [0.1, 0.15) is 23.4 Å². The monoisotopic (exact) mass is 419 g/mol. The van der Waals surface area contributed by atoms with Crippen LogP contribution in [0, 0.1) is 0 Å². The smallest absolute Gasteiger partial charge is 0.333 e. The Balaban J connectivity index is 1.41. The molecule has 0 radical (unpaired) electrons. The molecule has 31 heavy (non-hydrogen) atoms. The number of hydrogen-bond acceptors (Lipinski definition) is 5. The molecule has 0 saturated heterocycles. The van der Waals surface area contributed by atoms with Crippen molar-refractivity contribution in [1.29, 1.82) is 0 Å². The lowest BCUT2D eigenvalue weighted by molar-refractivity contribution is -0.150. The second kappa shape index (κ2) is 9.57.